The molecule has 0 spiro atoms. The van der Waals surface area contributed by atoms with Crippen molar-refractivity contribution in [3.8, 4) is 0 Å². The van der Waals surface area contributed by atoms with E-state index in [1.807, 2.05) is 24.3 Å². The molecule has 0 saturated heterocycles. The third-order valence-electron chi connectivity index (χ3n) is 4.60. The van der Waals surface area contributed by atoms with Gasteiger partial charge in [0.15, 0.2) is 0 Å². The van der Waals surface area contributed by atoms with E-state index in [1.165, 1.54) is 27.6 Å². The molecule has 0 aliphatic heterocycles. The van der Waals surface area contributed by atoms with E-state index in [1.54, 1.807) is 0 Å². The number of nitrogens with zero attached hydrogens (tertiary/aromatic N) is 1. The molecule has 1 aromatic heterocycles. The van der Waals surface area contributed by atoms with Gasteiger partial charge < -0.3 is 9.88 Å². The predicted molar refractivity (Wildman–Crippen MR) is 109 cm³/mol. The van der Waals surface area contributed by atoms with E-state index in [2.05, 4.69) is 70.7 Å². The number of aromatic nitrogens is 1. The molecule has 0 unspecified atom stereocenters. The Morgan fingerprint density at radius 1 is 0.769 bits per heavy atom. The molecule has 0 fully saturated rings. The van der Waals surface area contributed by atoms with Crippen molar-refractivity contribution < 1.29 is 0 Å². The molecule has 0 aliphatic rings. The molecule has 4 rings (SSSR count). The molecule has 1 N–H and O–H groups in total. The monoisotopic (exact) mass is 360 g/mol. The molecular formula is C23H21ClN2. The molecule has 0 atom stereocenters. The Kier molecular flexibility index (Phi) is 5.05. The van der Waals surface area contributed by atoms with Gasteiger partial charge in [0.25, 0.3) is 0 Å². The number of para-hydroxylation sites is 1. The molecule has 3 heteroatoms. The summed E-state index contributed by atoms with van der Waals surface area (Å²) in [5, 5.41) is 5.64. The number of halogens is 1. The SMILES string of the molecule is Clc1cccc(Cn2cc(CNCc3ccccc3)c3ccccc32)c1. The minimum absolute atomic E-state index is 0.781. The smallest absolute Gasteiger partial charge is 0.0486 e. The first-order chi connectivity index (χ1) is 12.8. The third kappa shape index (κ3) is 3.82. The fraction of sp³-hybridized carbons (Fsp3) is 0.130. The van der Waals surface area contributed by atoms with Gasteiger partial charge in [0.1, 0.15) is 0 Å². The summed E-state index contributed by atoms with van der Waals surface area (Å²) in [6, 6.07) is 27.1. The predicted octanol–water partition coefficient (Wildman–Crippen LogP) is 5.63. The molecule has 1 heterocycles. The second-order valence-electron chi connectivity index (χ2n) is 6.52. The van der Waals surface area contributed by atoms with Gasteiger partial charge in [-0.25, -0.2) is 0 Å². The van der Waals surface area contributed by atoms with Gasteiger partial charge in [-0.15, -0.1) is 0 Å². The average molecular weight is 361 g/mol. The van der Waals surface area contributed by atoms with E-state index in [-0.39, 0.29) is 0 Å². The summed E-state index contributed by atoms with van der Waals surface area (Å²) in [5.41, 5.74) is 5.08. The number of fused-ring (bicyclic) bond motifs is 1. The lowest BCUT2D eigenvalue weighted by Gasteiger charge is -2.06. The van der Waals surface area contributed by atoms with Crippen molar-refractivity contribution in [2.75, 3.05) is 0 Å². The Labute approximate surface area is 159 Å². The van der Waals surface area contributed by atoms with E-state index in [0.29, 0.717) is 0 Å². The standard InChI is InChI=1S/C23H21ClN2/c24-21-10-6-9-19(13-21)16-26-17-20(22-11-4-5-12-23(22)26)15-25-14-18-7-2-1-3-8-18/h1-13,17,25H,14-16H2. The molecule has 0 aliphatic carbocycles. The molecule has 4 aromatic rings. The molecule has 0 bridgehead atoms. The summed E-state index contributed by atoms with van der Waals surface area (Å²) in [4.78, 5) is 0. The highest BCUT2D eigenvalue weighted by Gasteiger charge is 2.08. The van der Waals surface area contributed by atoms with Gasteiger partial charge in [-0.3, -0.25) is 0 Å². The highest BCUT2D eigenvalue weighted by molar-refractivity contribution is 6.30. The second-order valence-corrected chi connectivity index (χ2v) is 6.95. The maximum Gasteiger partial charge on any atom is 0.0486 e. The van der Waals surface area contributed by atoms with Gasteiger partial charge in [-0.1, -0.05) is 72.3 Å². The van der Waals surface area contributed by atoms with Crippen LogP contribution in [0, 0.1) is 0 Å². The van der Waals surface area contributed by atoms with Gasteiger partial charge in [-0.05, 0) is 34.9 Å². The van der Waals surface area contributed by atoms with Crippen molar-refractivity contribution in [3.05, 3.63) is 107 Å². The normalized spacial score (nSPS) is 11.1. The van der Waals surface area contributed by atoms with Crippen molar-refractivity contribution in [3.63, 3.8) is 0 Å². The Morgan fingerprint density at radius 3 is 2.38 bits per heavy atom. The molecular weight excluding hydrogens is 340 g/mol. The zero-order valence-electron chi connectivity index (χ0n) is 14.5. The first kappa shape index (κ1) is 16.9. The molecule has 0 radical (unpaired) electrons. The molecule has 2 nitrogen and oxygen atoms in total. The van der Waals surface area contributed by atoms with E-state index >= 15 is 0 Å². The van der Waals surface area contributed by atoms with Crippen molar-refractivity contribution in [1.29, 1.82) is 0 Å². The maximum absolute atomic E-state index is 6.14. The number of benzene rings is 3. The highest BCUT2D eigenvalue weighted by Crippen LogP contribution is 2.23. The Bertz CT molecular complexity index is 1010. The lowest BCUT2D eigenvalue weighted by Crippen LogP contribution is -2.12. The van der Waals surface area contributed by atoms with E-state index in [0.717, 1.165) is 24.7 Å². The van der Waals surface area contributed by atoms with Crippen molar-refractivity contribution in [1.82, 2.24) is 9.88 Å². The van der Waals surface area contributed by atoms with Gasteiger partial charge in [-0.2, -0.15) is 0 Å². The first-order valence-electron chi connectivity index (χ1n) is 8.85. The fourth-order valence-electron chi connectivity index (χ4n) is 3.36. The minimum atomic E-state index is 0.781. The van der Waals surface area contributed by atoms with Crippen LogP contribution in [0.1, 0.15) is 16.7 Å². The Balaban J connectivity index is 1.55. The van der Waals surface area contributed by atoms with Gasteiger partial charge >= 0.3 is 0 Å². The topological polar surface area (TPSA) is 17.0 Å². The Hall–Kier alpha value is -2.55. The highest BCUT2D eigenvalue weighted by atomic mass is 35.5. The summed E-state index contributed by atoms with van der Waals surface area (Å²) in [6.07, 6.45) is 2.25. The summed E-state index contributed by atoms with van der Waals surface area (Å²) >= 11 is 6.14. The van der Waals surface area contributed by atoms with Crippen molar-refractivity contribution >= 4 is 22.5 Å². The number of hydrogen-bond donors (Lipinski definition) is 1. The lowest BCUT2D eigenvalue weighted by atomic mass is 10.1. The average Bonchev–Trinajstić information content (AvgIpc) is 3.01. The van der Waals surface area contributed by atoms with Crippen molar-refractivity contribution in [2.45, 2.75) is 19.6 Å². The molecule has 0 saturated carbocycles. The van der Waals surface area contributed by atoms with Crippen LogP contribution in [0.2, 0.25) is 5.02 Å². The second kappa shape index (κ2) is 7.77. The van der Waals surface area contributed by atoms with Crippen LogP contribution in [0.25, 0.3) is 10.9 Å². The van der Waals surface area contributed by atoms with Crippen LogP contribution in [0.4, 0.5) is 0 Å². The Morgan fingerprint density at radius 2 is 1.54 bits per heavy atom. The van der Waals surface area contributed by atoms with Crippen LogP contribution >= 0.6 is 11.6 Å². The lowest BCUT2D eigenvalue weighted by molar-refractivity contribution is 0.692. The largest absolute Gasteiger partial charge is 0.343 e. The third-order valence-corrected chi connectivity index (χ3v) is 4.84. The number of hydrogen-bond acceptors (Lipinski definition) is 1. The van der Waals surface area contributed by atoms with E-state index in [4.69, 9.17) is 11.6 Å². The molecule has 0 amide bonds. The number of nitrogens with one attached hydrogen (secondary N) is 1. The zero-order valence-corrected chi connectivity index (χ0v) is 15.3. The molecule has 3 aromatic carbocycles. The van der Waals surface area contributed by atoms with Gasteiger partial charge in [0.05, 0.1) is 0 Å². The minimum Gasteiger partial charge on any atom is -0.343 e. The molecule has 130 valence electrons. The van der Waals surface area contributed by atoms with Crippen LogP contribution in [0.5, 0.6) is 0 Å². The maximum atomic E-state index is 6.14. The summed E-state index contributed by atoms with van der Waals surface area (Å²) in [7, 11) is 0. The fourth-order valence-corrected chi connectivity index (χ4v) is 3.58. The van der Waals surface area contributed by atoms with Crippen molar-refractivity contribution in [2.24, 2.45) is 0 Å². The van der Waals surface area contributed by atoms with Crippen LogP contribution in [-0.2, 0) is 19.6 Å². The van der Waals surface area contributed by atoms with Crippen LogP contribution in [0.3, 0.4) is 0 Å². The number of rotatable bonds is 6. The molecule has 26 heavy (non-hydrogen) atoms. The van der Waals surface area contributed by atoms with Crippen LogP contribution in [-0.4, -0.2) is 4.57 Å². The van der Waals surface area contributed by atoms with Gasteiger partial charge in [0, 0.05) is 41.8 Å². The first-order valence-corrected chi connectivity index (χ1v) is 9.23. The van der Waals surface area contributed by atoms with Crippen LogP contribution in [0.15, 0.2) is 85.1 Å². The van der Waals surface area contributed by atoms with E-state index < -0.39 is 0 Å². The summed E-state index contributed by atoms with van der Waals surface area (Å²) < 4.78 is 2.31. The van der Waals surface area contributed by atoms with E-state index in [9.17, 15) is 0 Å². The quantitative estimate of drug-likeness (QED) is 0.471. The zero-order chi connectivity index (χ0) is 17.8. The summed E-state index contributed by atoms with van der Waals surface area (Å²) in [6.45, 7) is 2.53. The van der Waals surface area contributed by atoms with Crippen LogP contribution < -0.4 is 5.32 Å². The van der Waals surface area contributed by atoms with Gasteiger partial charge in [0.2, 0.25) is 0 Å². The summed E-state index contributed by atoms with van der Waals surface area (Å²) in [5.74, 6) is 0.